The largest absolute Gasteiger partial charge is 1.00 e. The van der Waals surface area contributed by atoms with Crippen LogP contribution in [-0.2, 0) is 0 Å². The molecule has 0 aliphatic carbocycles. The van der Waals surface area contributed by atoms with Gasteiger partial charge < -0.3 is 24.0 Å². The van der Waals surface area contributed by atoms with Crippen LogP contribution in [0.15, 0.2) is 0 Å². The minimum Gasteiger partial charge on any atom is -1.00 e. The fourth-order valence-corrected chi connectivity index (χ4v) is 4.02. The summed E-state index contributed by atoms with van der Waals surface area (Å²) < 4.78 is 0. The molecule has 0 heterocycles. The zero-order valence-corrected chi connectivity index (χ0v) is 10.7. The van der Waals surface area contributed by atoms with E-state index in [-0.39, 0.29) is 24.0 Å². The Morgan fingerprint density at radius 1 is 0.700 bits per heavy atom. The van der Waals surface area contributed by atoms with Crippen molar-refractivity contribution in [2.24, 2.45) is 0 Å². The summed E-state index contributed by atoms with van der Waals surface area (Å²) in [6, 6.07) is 0. The predicted molar refractivity (Wildman–Crippen MR) is 49.1 cm³/mol. The average Bonchev–Trinajstić information content (AvgIpc) is 1.95. The highest BCUT2D eigenvalue weighted by atomic mass is 127. The molecule has 0 aromatic rings. The van der Waals surface area contributed by atoms with Crippen LogP contribution in [0.5, 0.6) is 0 Å². The van der Waals surface area contributed by atoms with E-state index in [4.69, 9.17) is 0 Å². The SMILES string of the molecule is CC[P+](CC)(CC)CC.[I-]. The highest BCUT2D eigenvalue weighted by molar-refractivity contribution is 7.75. The van der Waals surface area contributed by atoms with Gasteiger partial charge in [0.2, 0.25) is 0 Å². The molecule has 2 heteroatoms. The van der Waals surface area contributed by atoms with Gasteiger partial charge in [0.1, 0.15) is 0 Å². The lowest BCUT2D eigenvalue weighted by molar-refractivity contribution is -0.00000221. The van der Waals surface area contributed by atoms with Crippen LogP contribution in [0.25, 0.3) is 0 Å². The van der Waals surface area contributed by atoms with Crippen LogP contribution < -0.4 is 24.0 Å². The highest BCUT2D eigenvalue weighted by Crippen LogP contribution is 2.57. The van der Waals surface area contributed by atoms with Gasteiger partial charge in [-0.2, -0.15) is 0 Å². The molecule has 0 aromatic carbocycles. The summed E-state index contributed by atoms with van der Waals surface area (Å²) in [6.07, 6.45) is 5.82. The number of rotatable bonds is 4. The van der Waals surface area contributed by atoms with E-state index in [0.29, 0.717) is 0 Å². The zero-order valence-electron chi connectivity index (χ0n) is 7.65. The van der Waals surface area contributed by atoms with Crippen molar-refractivity contribution in [3.8, 4) is 0 Å². The van der Waals surface area contributed by atoms with Crippen LogP contribution >= 0.6 is 7.26 Å². The molecule has 64 valence electrons. The lowest BCUT2D eigenvalue weighted by Crippen LogP contribution is -3.00. The van der Waals surface area contributed by atoms with E-state index in [1.807, 2.05) is 0 Å². The van der Waals surface area contributed by atoms with Gasteiger partial charge in [0.15, 0.2) is 0 Å². The van der Waals surface area contributed by atoms with E-state index >= 15 is 0 Å². The molecule has 0 aliphatic rings. The topological polar surface area (TPSA) is 0 Å². The molecule has 0 saturated heterocycles. The van der Waals surface area contributed by atoms with E-state index in [9.17, 15) is 0 Å². The minimum absolute atomic E-state index is 0. The molecule has 0 fully saturated rings. The fourth-order valence-electron chi connectivity index (χ4n) is 1.34. The second-order valence-electron chi connectivity index (χ2n) is 2.61. The number of halogens is 1. The molecule has 0 saturated carbocycles. The Labute approximate surface area is 83.5 Å². The van der Waals surface area contributed by atoms with Gasteiger partial charge in [0.05, 0.1) is 24.6 Å². The molecule has 0 rings (SSSR count). The summed E-state index contributed by atoms with van der Waals surface area (Å²) in [7, 11) is -0.420. The van der Waals surface area contributed by atoms with Crippen molar-refractivity contribution in [3.05, 3.63) is 0 Å². The summed E-state index contributed by atoms with van der Waals surface area (Å²) >= 11 is 0. The summed E-state index contributed by atoms with van der Waals surface area (Å²) in [6.45, 7) is 9.41. The molecule has 0 nitrogen and oxygen atoms in total. The van der Waals surface area contributed by atoms with Crippen LogP contribution in [-0.4, -0.2) is 24.6 Å². The second kappa shape index (κ2) is 6.84. The van der Waals surface area contributed by atoms with E-state index < -0.39 is 7.26 Å². The molecule has 0 spiro atoms. The van der Waals surface area contributed by atoms with Crippen molar-refractivity contribution < 1.29 is 24.0 Å². The van der Waals surface area contributed by atoms with Gasteiger partial charge in [0.25, 0.3) is 0 Å². The van der Waals surface area contributed by atoms with Gasteiger partial charge in [-0.05, 0) is 27.7 Å². The molecule has 0 bridgehead atoms. The van der Waals surface area contributed by atoms with Crippen LogP contribution in [0.1, 0.15) is 27.7 Å². The molecule has 0 aromatic heterocycles. The number of hydrogen-bond donors (Lipinski definition) is 0. The van der Waals surface area contributed by atoms with Crippen LogP contribution in [0.3, 0.4) is 0 Å². The van der Waals surface area contributed by atoms with Gasteiger partial charge in [-0.1, -0.05) is 0 Å². The first-order valence-corrected chi connectivity index (χ1v) is 6.62. The lowest BCUT2D eigenvalue weighted by Gasteiger charge is -2.20. The third-order valence-corrected chi connectivity index (χ3v) is 8.05. The molecule has 0 radical (unpaired) electrons. The molecule has 0 amide bonds. The Morgan fingerprint density at radius 2 is 0.900 bits per heavy atom. The maximum absolute atomic E-state index is 2.35. The fraction of sp³-hybridized carbons (Fsp3) is 1.00. The van der Waals surface area contributed by atoms with E-state index in [1.54, 1.807) is 0 Å². The highest BCUT2D eigenvalue weighted by Gasteiger charge is 2.27. The molecule has 0 unspecified atom stereocenters. The van der Waals surface area contributed by atoms with Crippen molar-refractivity contribution in [1.82, 2.24) is 0 Å². The van der Waals surface area contributed by atoms with Gasteiger partial charge >= 0.3 is 0 Å². The van der Waals surface area contributed by atoms with Gasteiger partial charge in [-0.25, -0.2) is 0 Å². The molecule has 0 atom stereocenters. The van der Waals surface area contributed by atoms with Crippen LogP contribution in [0.2, 0.25) is 0 Å². The maximum Gasteiger partial charge on any atom is 0.0565 e. The van der Waals surface area contributed by atoms with Gasteiger partial charge in [0, 0.05) is 7.26 Å². The average molecular weight is 274 g/mol. The monoisotopic (exact) mass is 274 g/mol. The third-order valence-electron chi connectivity index (χ3n) is 2.68. The number of hydrogen-bond acceptors (Lipinski definition) is 0. The second-order valence-corrected chi connectivity index (χ2v) is 7.82. The van der Waals surface area contributed by atoms with E-state index in [0.717, 1.165) is 0 Å². The summed E-state index contributed by atoms with van der Waals surface area (Å²) in [5, 5.41) is 0. The Bertz CT molecular complexity index is 52.1. The van der Waals surface area contributed by atoms with Gasteiger partial charge in [-0.3, -0.25) is 0 Å². The molecule has 0 N–H and O–H groups in total. The molecular formula is C8H20IP. The standard InChI is InChI=1S/C8H20P.HI/c1-5-9(6-2,7-3)8-4;/h5-8H2,1-4H3;1H/q+1;/p-1. The lowest BCUT2D eigenvalue weighted by atomic mass is 10.9. The summed E-state index contributed by atoms with van der Waals surface area (Å²) in [5.41, 5.74) is 0. The Kier molecular flexibility index (Phi) is 9.40. The van der Waals surface area contributed by atoms with Crippen molar-refractivity contribution in [2.75, 3.05) is 24.6 Å². The van der Waals surface area contributed by atoms with Crippen LogP contribution in [0.4, 0.5) is 0 Å². The quantitative estimate of drug-likeness (QED) is 0.503. The van der Waals surface area contributed by atoms with E-state index in [2.05, 4.69) is 27.7 Å². The Balaban J connectivity index is 0. The third kappa shape index (κ3) is 3.52. The van der Waals surface area contributed by atoms with Crippen molar-refractivity contribution in [1.29, 1.82) is 0 Å². The maximum atomic E-state index is 2.35. The van der Waals surface area contributed by atoms with Crippen molar-refractivity contribution >= 4 is 7.26 Å². The van der Waals surface area contributed by atoms with Crippen molar-refractivity contribution in [2.45, 2.75) is 27.7 Å². The molecule has 0 aliphatic heterocycles. The molecular weight excluding hydrogens is 254 g/mol. The van der Waals surface area contributed by atoms with Crippen molar-refractivity contribution in [3.63, 3.8) is 0 Å². The predicted octanol–water partition coefficient (Wildman–Crippen LogP) is 0.0876. The Morgan fingerprint density at radius 3 is 0.900 bits per heavy atom. The Hall–Kier alpha value is 1.16. The first-order valence-electron chi connectivity index (χ1n) is 4.09. The minimum atomic E-state index is -0.420. The summed E-state index contributed by atoms with van der Waals surface area (Å²) in [4.78, 5) is 0. The first kappa shape index (κ1) is 13.7. The van der Waals surface area contributed by atoms with E-state index in [1.165, 1.54) is 24.6 Å². The first-order chi connectivity index (χ1) is 4.24. The normalized spacial score (nSPS) is 10.8. The van der Waals surface area contributed by atoms with Gasteiger partial charge in [-0.15, -0.1) is 0 Å². The molecule has 10 heavy (non-hydrogen) atoms. The smallest absolute Gasteiger partial charge is 0.0565 e. The summed E-state index contributed by atoms with van der Waals surface area (Å²) in [5.74, 6) is 0. The zero-order chi connectivity index (χ0) is 7.33. The van der Waals surface area contributed by atoms with Crippen LogP contribution in [0, 0.1) is 0 Å².